The number of nitrogens with two attached hydrogens (primary N) is 1. The third-order valence-corrected chi connectivity index (χ3v) is 4.60. The molecule has 0 aliphatic carbocycles. The van der Waals surface area contributed by atoms with Crippen LogP contribution in [0, 0.1) is 10.6 Å². The van der Waals surface area contributed by atoms with Crippen molar-refractivity contribution in [2.24, 2.45) is 11.1 Å². The maximum Gasteiger partial charge on any atom is 0.351 e. The van der Waals surface area contributed by atoms with Crippen molar-refractivity contribution in [3.05, 3.63) is 40.2 Å². The van der Waals surface area contributed by atoms with Gasteiger partial charge in [-0.25, -0.2) is 4.79 Å². The number of quaternary nitrogens is 1. The Hall–Kier alpha value is -1.60. The van der Waals surface area contributed by atoms with Gasteiger partial charge in [0.1, 0.15) is 5.75 Å². The molecule has 0 spiro atoms. The lowest BCUT2D eigenvalue weighted by molar-refractivity contribution is -0.766. The van der Waals surface area contributed by atoms with Gasteiger partial charge in [0, 0.05) is 11.0 Å². The lowest BCUT2D eigenvalue weighted by atomic mass is 9.91. The van der Waals surface area contributed by atoms with Gasteiger partial charge < -0.3 is 20.4 Å². The van der Waals surface area contributed by atoms with E-state index in [4.69, 9.17) is 15.2 Å². The van der Waals surface area contributed by atoms with Crippen molar-refractivity contribution in [3.8, 4) is 5.75 Å². The first-order chi connectivity index (χ1) is 13.2. The molecule has 1 atom stereocenters. The highest BCUT2D eigenvalue weighted by Gasteiger charge is 2.45. The van der Waals surface area contributed by atoms with Crippen molar-refractivity contribution in [3.63, 3.8) is 0 Å². The highest BCUT2D eigenvalue weighted by Crippen LogP contribution is 2.40. The van der Waals surface area contributed by atoms with Gasteiger partial charge >= 0.3 is 5.91 Å². The van der Waals surface area contributed by atoms with Crippen LogP contribution in [0.5, 0.6) is 5.75 Å². The topological polar surface area (TPSA) is 84.6 Å². The van der Waals surface area contributed by atoms with Crippen LogP contribution in [0.15, 0.2) is 23.9 Å². The van der Waals surface area contributed by atoms with E-state index in [1.54, 1.807) is 18.2 Å². The van der Waals surface area contributed by atoms with Crippen LogP contribution in [0.4, 0.5) is 0 Å². The maximum absolute atomic E-state index is 13.8. The summed E-state index contributed by atoms with van der Waals surface area (Å²) >= 11 is 0. The molecule has 1 unspecified atom stereocenters. The third kappa shape index (κ3) is 5.72. The number of fused-ring (bicyclic) bond motifs is 1. The number of hydrogen-bond donors (Lipinski definition) is 1. The van der Waals surface area contributed by atoms with Crippen LogP contribution >= 0.6 is 12.4 Å². The number of ether oxygens (including phenoxy) is 2. The summed E-state index contributed by atoms with van der Waals surface area (Å²) in [5.41, 5.74) is 6.90. The van der Waals surface area contributed by atoms with E-state index in [2.05, 4.69) is 6.92 Å². The standard InChI is InChI=1S/C22H34N2O4.ClH/c1-6-8-12-28-20-18-13-16(27-11-7-2)9-10-17(18)21(25)24(26,19(20)14-23)15-22(3,4)5;/h9-10,13H,6-8,11-12,14-15,23H2,1-5H3;1H. The molecule has 1 amide bonds. The van der Waals surface area contributed by atoms with Gasteiger partial charge in [-0.05, 0) is 31.0 Å². The molecule has 6 nitrogen and oxygen atoms in total. The summed E-state index contributed by atoms with van der Waals surface area (Å²) < 4.78 is 10.7. The second-order valence-electron chi connectivity index (χ2n) is 8.50. The normalized spacial score (nSPS) is 18.9. The van der Waals surface area contributed by atoms with Gasteiger partial charge in [-0.1, -0.05) is 41.0 Å². The van der Waals surface area contributed by atoms with E-state index in [9.17, 15) is 10.0 Å². The maximum atomic E-state index is 13.8. The van der Waals surface area contributed by atoms with E-state index >= 15 is 0 Å². The molecule has 1 aromatic carbocycles. The zero-order valence-electron chi connectivity index (χ0n) is 18.2. The summed E-state index contributed by atoms with van der Waals surface area (Å²) in [6, 6.07) is 5.21. The number of benzene rings is 1. The van der Waals surface area contributed by atoms with Crippen molar-refractivity contribution in [2.75, 3.05) is 26.3 Å². The third-order valence-electron chi connectivity index (χ3n) is 4.60. The Morgan fingerprint density at radius 3 is 2.31 bits per heavy atom. The first-order valence-electron chi connectivity index (χ1n) is 10.2. The summed E-state index contributed by atoms with van der Waals surface area (Å²) in [6.45, 7) is 11.1. The average molecular weight is 427 g/mol. The molecule has 1 heterocycles. The molecule has 0 aromatic heterocycles. The molecule has 1 aromatic rings. The lowest BCUT2D eigenvalue weighted by Crippen LogP contribution is -2.55. The summed E-state index contributed by atoms with van der Waals surface area (Å²) in [7, 11) is 0. The highest BCUT2D eigenvalue weighted by molar-refractivity contribution is 5.98. The zero-order chi connectivity index (χ0) is 20.9. The predicted molar refractivity (Wildman–Crippen MR) is 119 cm³/mol. The fourth-order valence-corrected chi connectivity index (χ4v) is 3.40. The Morgan fingerprint density at radius 1 is 1.07 bits per heavy atom. The molecule has 2 rings (SSSR count). The van der Waals surface area contributed by atoms with Crippen molar-refractivity contribution < 1.29 is 18.9 Å². The fraction of sp³-hybridized carbons (Fsp3) is 0.591. The molecule has 7 heteroatoms. The van der Waals surface area contributed by atoms with E-state index < -0.39 is 10.6 Å². The van der Waals surface area contributed by atoms with Gasteiger partial charge in [0.2, 0.25) is 0 Å². The van der Waals surface area contributed by atoms with Gasteiger partial charge in [-0.3, -0.25) is 4.65 Å². The van der Waals surface area contributed by atoms with E-state index in [0.29, 0.717) is 35.8 Å². The summed E-state index contributed by atoms with van der Waals surface area (Å²) in [5.74, 6) is 0.602. The number of halogens is 1. The number of nitrogens with zero attached hydrogens (tertiary/aromatic N) is 1. The molecule has 0 saturated heterocycles. The Balaban J connectivity index is 0.00000420. The Labute approximate surface area is 180 Å². The smallest absolute Gasteiger partial charge is 0.351 e. The molecular weight excluding hydrogens is 392 g/mol. The first-order valence-corrected chi connectivity index (χ1v) is 10.2. The lowest BCUT2D eigenvalue weighted by Gasteiger charge is -2.47. The SMILES string of the molecule is CCCCOC1=C(CN)[N+]([O-])(CC(C)(C)C)C(=O)c2ccc(OCCC)cc21.Cl. The Kier molecular flexibility index (Phi) is 9.15. The predicted octanol–water partition coefficient (Wildman–Crippen LogP) is 4.86. The van der Waals surface area contributed by atoms with E-state index in [-0.39, 0.29) is 36.6 Å². The number of rotatable bonds is 9. The molecule has 0 bridgehead atoms. The molecular formula is C22H35ClN2O4. The second-order valence-corrected chi connectivity index (χ2v) is 8.50. The molecule has 164 valence electrons. The van der Waals surface area contributed by atoms with Gasteiger partial charge in [0.25, 0.3) is 0 Å². The number of amides is 1. The molecule has 29 heavy (non-hydrogen) atoms. The summed E-state index contributed by atoms with van der Waals surface area (Å²) in [6.07, 6.45) is 2.71. The minimum Gasteiger partial charge on any atom is -0.620 e. The summed E-state index contributed by atoms with van der Waals surface area (Å²) in [5, 5.41) is 13.8. The van der Waals surface area contributed by atoms with Gasteiger partial charge in [-0.2, -0.15) is 0 Å². The largest absolute Gasteiger partial charge is 0.620 e. The van der Waals surface area contributed by atoms with Crippen molar-refractivity contribution in [2.45, 2.75) is 53.9 Å². The van der Waals surface area contributed by atoms with Crippen LogP contribution in [0.1, 0.15) is 69.8 Å². The number of carbonyl (C=O) groups is 1. The van der Waals surface area contributed by atoms with Crippen molar-refractivity contribution >= 4 is 24.1 Å². The van der Waals surface area contributed by atoms with Crippen LogP contribution in [0.25, 0.3) is 5.76 Å². The van der Waals surface area contributed by atoms with E-state index in [0.717, 1.165) is 19.3 Å². The fourth-order valence-electron chi connectivity index (χ4n) is 3.40. The van der Waals surface area contributed by atoms with E-state index in [1.807, 2.05) is 27.7 Å². The second kappa shape index (κ2) is 10.4. The minimum atomic E-state index is -1.09. The average Bonchev–Trinajstić information content (AvgIpc) is 2.62. The molecule has 1 aliphatic heterocycles. The Bertz CT molecular complexity index is 743. The van der Waals surface area contributed by atoms with Crippen LogP contribution < -0.4 is 10.5 Å². The van der Waals surface area contributed by atoms with Gasteiger partial charge in [0.15, 0.2) is 11.5 Å². The van der Waals surface area contributed by atoms with Crippen LogP contribution in [-0.4, -0.2) is 36.9 Å². The van der Waals surface area contributed by atoms with Crippen LogP contribution in [0.2, 0.25) is 0 Å². The highest BCUT2D eigenvalue weighted by atomic mass is 35.5. The number of hydroxylamine groups is 3. The van der Waals surface area contributed by atoms with Crippen LogP contribution in [0.3, 0.4) is 0 Å². The summed E-state index contributed by atoms with van der Waals surface area (Å²) in [4.78, 5) is 13.3. The molecule has 2 N–H and O–H groups in total. The van der Waals surface area contributed by atoms with Gasteiger partial charge in [-0.15, -0.1) is 12.4 Å². The number of unbranched alkanes of at least 4 members (excludes halogenated alkanes) is 1. The van der Waals surface area contributed by atoms with E-state index in [1.165, 1.54) is 0 Å². The quantitative estimate of drug-likeness (QED) is 0.346. The first kappa shape index (κ1) is 25.4. The Morgan fingerprint density at radius 2 is 1.76 bits per heavy atom. The number of hydrogen-bond acceptors (Lipinski definition) is 5. The molecule has 0 radical (unpaired) electrons. The molecule has 1 aliphatic rings. The minimum absolute atomic E-state index is 0. The molecule has 0 fully saturated rings. The monoisotopic (exact) mass is 426 g/mol. The zero-order valence-corrected chi connectivity index (χ0v) is 19.1. The molecule has 0 saturated carbocycles. The van der Waals surface area contributed by atoms with Crippen LogP contribution in [-0.2, 0) is 4.74 Å². The number of carbonyl (C=O) groups excluding carboxylic acids is 1. The van der Waals surface area contributed by atoms with Crippen molar-refractivity contribution in [1.82, 2.24) is 0 Å². The van der Waals surface area contributed by atoms with Crippen molar-refractivity contribution in [1.29, 1.82) is 0 Å². The van der Waals surface area contributed by atoms with Gasteiger partial charge in [0.05, 0.1) is 31.9 Å².